The summed E-state index contributed by atoms with van der Waals surface area (Å²) in [5, 5.41) is 12.2. The lowest BCUT2D eigenvalue weighted by Gasteiger charge is -2.36. The van der Waals surface area contributed by atoms with Crippen LogP contribution < -0.4 is 10.1 Å². The smallest absolute Gasteiger partial charge is 0.222 e. The molecule has 7 nitrogen and oxygen atoms in total. The zero-order valence-corrected chi connectivity index (χ0v) is 18.1. The van der Waals surface area contributed by atoms with Gasteiger partial charge in [0.2, 0.25) is 5.91 Å². The van der Waals surface area contributed by atoms with Crippen molar-refractivity contribution in [3.63, 3.8) is 0 Å². The number of amides is 1. The van der Waals surface area contributed by atoms with Crippen molar-refractivity contribution < 1.29 is 9.53 Å². The second-order valence-corrected chi connectivity index (χ2v) is 8.77. The molecule has 0 aliphatic heterocycles. The van der Waals surface area contributed by atoms with Gasteiger partial charge in [-0.1, -0.05) is 13.8 Å². The maximum atomic E-state index is 12.7. The first-order valence-corrected chi connectivity index (χ1v) is 10.4. The molecule has 4 rings (SSSR count). The number of nitrogens with zero attached hydrogens (tertiary/aromatic N) is 4. The zero-order chi connectivity index (χ0) is 21.3. The minimum atomic E-state index is -0.0398. The standard InChI is InChI=1S/C23H29N5O2/c1-16-9-11-24-27(16)12-10-22(29)26-20-13-23(2,3)14-21-19(20)15-25-28(21)17-5-7-18(30-4)8-6-17/h5-9,11,15,20H,10,12-14H2,1-4H3,(H,26,29). The number of carbonyl (C=O) groups is 1. The number of fused-ring (bicyclic) bond motifs is 1. The molecule has 1 aliphatic carbocycles. The van der Waals surface area contributed by atoms with Crippen molar-refractivity contribution in [3.05, 3.63) is 59.7 Å². The Balaban J connectivity index is 1.53. The summed E-state index contributed by atoms with van der Waals surface area (Å²) in [6, 6.07) is 9.80. The number of hydrogen-bond acceptors (Lipinski definition) is 4. The molecule has 7 heteroatoms. The number of methoxy groups -OCH3 is 1. The van der Waals surface area contributed by atoms with Crippen molar-refractivity contribution in [2.24, 2.45) is 5.41 Å². The molecule has 3 aromatic rings. The largest absolute Gasteiger partial charge is 0.497 e. The molecular formula is C23H29N5O2. The summed E-state index contributed by atoms with van der Waals surface area (Å²) in [4.78, 5) is 12.7. The molecule has 158 valence electrons. The second-order valence-electron chi connectivity index (χ2n) is 8.77. The van der Waals surface area contributed by atoms with Gasteiger partial charge in [-0.3, -0.25) is 9.48 Å². The van der Waals surface area contributed by atoms with Gasteiger partial charge in [0.15, 0.2) is 0 Å². The molecule has 0 saturated carbocycles. The molecule has 2 heterocycles. The first-order valence-electron chi connectivity index (χ1n) is 10.4. The molecule has 1 N–H and O–H groups in total. The molecule has 0 bridgehead atoms. The Hall–Kier alpha value is -3.09. The van der Waals surface area contributed by atoms with Gasteiger partial charge in [0, 0.05) is 30.4 Å². The Kier molecular flexibility index (Phi) is 5.37. The number of rotatable bonds is 6. The van der Waals surface area contributed by atoms with E-state index in [1.807, 2.05) is 52.8 Å². The lowest BCUT2D eigenvalue weighted by atomic mass is 9.74. The second kappa shape index (κ2) is 7.97. The quantitative estimate of drug-likeness (QED) is 0.677. The summed E-state index contributed by atoms with van der Waals surface area (Å²) in [5.74, 6) is 0.855. The number of aromatic nitrogens is 4. The Bertz CT molecular complexity index is 1030. The maximum Gasteiger partial charge on any atom is 0.222 e. The highest BCUT2D eigenvalue weighted by molar-refractivity contribution is 5.76. The minimum absolute atomic E-state index is 0.0377. The van der Waals surface area contributed by atoms with E-state index in [2.05, 4.69) is 29.4 Å². The Morgan fingerprint density at radius 3 is 2.67 bits per heavy atom. The van der Waals surface area contributed by atoms with Crippen LogP contribution in [-0.2, 0) is 17.8 Å². The molecule has 1 aliphatic rings. The predicted molar refractivity (Wildman–Crippen MR) is 115 cm³/mol. The Morgan fingerprint density at radius 2 is 2.00 bits per heavy atom. The highest BCUT2D eigenvalue weighted by Gasteiger charge is 2.36. The minimum Gasteiger partial charge on any atom is -0.497 e. The molecular weight excluding hydrogens is 378 g/mol. The highest BCUT2D eigenvalue weighted by Crippen LogP contribution is 2.41. The lowest BCUT2D eigenvalue weighted by Crippen LogP contribution is -2.37. The zero-order valence-electron chi connectivity index (χ0n) is 18.1. The fourth-order valence-electron chi connectivity index (χ4n) is 4.22. The summed E-state index contributed by atoms with van der Waals surface area (Å²) in [5.41, 5.74) is 4.38. The highest BCUT2D eigenvalue weighted by atomic mass is 16.5. The van der Waals surface area contributed by atoms with Crippen molar-refractivity contribution in [1.29, 1.82) is 0 Å². The van der Waals surface area contributed by atoms with E-state index in [1.165, 1.54) is 0 Å². The Morgan fingerprint density at radius 1 is 1.23 bits per heavy atom. The summed E-state index contributed by atoms with van der Waals surface area (Å²) < 4.78 is 9.11. The van der Waals surface area contributed by atoms with Crippen molar-refractivity contribution >= 4 is 5.91 Å². The van der Waals surface area contributed by atoms with Gasteiger partial charge >= 0.3 is 0 Å². The summed E-state index contributed by atoms with van der Waals surface area (Å²) in [6.07, 6.45) is 5.86. The monoisotopic (exact) mass is 407 g/mol. The van der Waals surface area contributed by atoms with E-state index in [-0.39, 0.29) is 17.4 Å². The number of nitrogens with one attached hydrogen (secondary N) is 1. The number of aryl methyl sites for hydroxylation is 2. The van der Waals surface area contributed by atoms with Crippen LogP contribution in [0.4, 0.5) is 0 Å². The third-order valence-electron chi connectivity index (χ3n) is 5.81. The van der Waals surface area contributed by atoms with E-state index < -0.39 is 0 Å². The average molecular weight is 408 g/mol. The molecule has 2 aromatic heterocycles. The van der Waals surface area contributed by atoms with Crippen LogP contribution in [0.1, 0.15) is 49.7 Å². The third kappa shape index (κ3) is 4.10. The Labute approximate surface area is 177 Å². The number of hydrogen-bond donors (Lipinski definition) is 1. The maximum absolute atomic E-state index is 12.7. The molecule has 1 unspecified atom stereocenters. The van der Waals surface area contributed by atoms with Gasteiger partial charge in [0.05, 0.1) is 30.7 Å². The van der Waals surface area contributed by atoms with E-state index in [1.54, 1.807) is 13.3 Å². The normalized spacial score (nSPS) is 17.4. The van der Waals surface area contributed by atoms with E-state index >= 15 is 0 Å². The topological polar surface area (TPSA) is 74.0 Å². The molecule has 0 saturated heterocycles. The van der Waals surface area contributed by atoms with Gasteiger partial charge in [-0.15, -0.1) is 0 Å². The van der Waals surface area contributed by atoms with E-state index in [0.717, 1.165) is 41.2 Å². The van der Waals surface area contributed by atoms with Crippen molar-refractivity contribution in [2.75, 3.05) is 7.11 Å². The predicted octanol–water partition coefficient (Wildman–Crippen LogP) is 3.61. The molecule has 1 amide bonds. The van der Waals surface area contributed by atoms with Crippen LogP contribution in [0.5, 0.6) is 5.75 Å². The van der Waals surface area contributed by atoms with E-state index in [0.29, 0.717) is 13.0 Å². The van der Waals surface area contributed by atoms with Crippen LogP contribution in [0.15, 0.2) is 42.7 Å². The molecule has 0 fully saturated rings. The number of benzene rings is 1. The van der Waals surface area contributed by atoms with Crippen LogP contribution in [-0.4, -0.2) is 32.6 Å². The lowest BCUT2D eigenvalue weighted by molar-refractivity contribution is -0.122. The molecule has 30 heavy (non-hydrogen) atoms. The van der Waals surface area contributed by atoms with Crippen LogP contribution in [0, 0.1) is 12.3 Å². The van der Waals surface area contributed by atoms with Crippen LogP contribution >= 0.6 is 0 Å². The van der Waals surface area contributed by atoms with Crippen LogP contribution in [0.25, 0.3) is 5.69 Å². The van der Waals surface area contributed by atoms with Gasteiger partial charge in [0.25, 0.3) is 0 Å². The van der Waals surface area contributed by atoms with Gasteiger partial charge in [-0.2, -0.15) is 10.2 Å². The van der Waals surface area contributed by atoms with Gasteiger partial charge in [0.1, 0.15) is 5.75 Å². The number of ether oxygens (including phenoxy) is 1. The van der Waals surface area contributed by atoms with E-state index in [9.17, 15) is 4.79 Å². The fraction of sp³-hybridized carbons (Fsp3) is 0.435. The van der Waals surface area contributed by atoms with Crippen molar-refractivity contribution in [1.82, 2.24) is 24.9 Å². The summed E-state index contributed by atoms with van der Waals surface area (Å²) >= 11 is 0. The van der Waals surface area contributed by atoms with E-state index in [4.69, 9.17) is 4.74 Å². The SMILES string of the molecule is COc1ccc(-n2ncc3c2CC(C)(C)CC3NC(=O)CCn2nccc2C)cc1. The van der Waals surface area contributed by atoms with Gasteiger partial charge in [-0.25, -0.2) is 4.68 Å². The third-order valence-corrected chi connectivity index (χ3v) is 5.81. The summed E-state index contributed by atoms with van der Waals surface area (Å²) in [7, 11) is 1.66. The van der Waals surface area contributed by atoms with Crippen molar-refractivity contribution in [2.45, 2.75) is 52.6 Å². The fourth-order valence-corrected chi connectivity index (χ4v) is 4.22. The molecule has 1 aromatic carbocycles. The van der Waals surface area contributed by atoms with Gasteiger partial charge < -0.3 is 10.1 Å². The van der Waals surface area contributed by atoms with Crippen LogP contribution in [0.2, 0.25) is 0 Å². The molecule has 0 spiro atoms. The molecule has 1 atom stereocenters. The first-order chi connectivity index (χ1) is 14.4. The number of carbonyl (C=O) groups excluding carboxylic acids is 1. The summed E-state index contributed by atoms with van der Waals surface area (Å²) in [6.45, 7) is 7.06. The molecule has 0 radical (unpaired) electrons. The van der Waals surface area contributed by atoms with Gasteiger partial charge in [-0.05, 0) is 55.5 Å². The average Bonchev–Trinajstić information content (AvgIpc) is 3.31. The van der Waals surface area contributed by atoms with Crippen LogP contribution in [0.3, 0.4) is 0 Å². The van der Waals surface area contributed by atoms with Crippen molar-refractivity contribution in [3.8, 4) is 11.4 Å². The first kappa shape index (κ1) is 20.2.